The third-order valence-electron chi connectivity index (χ3n) is 7.27. The molecule has 216 valence electrons. The summed E-state index contributed by atoms with van der Waals surface area (Å²) < 4.78 is 26.1. The number of carbonyl (C=O) groups excluding carboxylic acids is 2. The number of ether oxygens (including phenoxy) is 2. The Kier molecular flexibility index (Phi) is 8.53. The van der Waals surface area contributed by atoms with E-state index in [1.54, 1.807) is 36.7 Å². The molecule has 3 aromatic rings. The van der Waals surface area contributed by atoms with E-state index >= 15 is 0 Å². The molecule has 41 heavy (non-hydrogen) atoms. The van der Waals surface area contributed by atoms with Crippen LogP contribution >= 0.6 is 0 Å². The third kappa shape index (κ3) is 6.04. The molecule has 2 aliphatic rings. The molecule has 11 heteroatoms. The van der Waals surface area contributed by atoms with Gasteiger partial charge in [-0.15, -0.1) is 0 Å². The molecule has 0 radical (unpaired) electrons. The zero-order valence-corrected chi connectivity index (χ0v) is 23.5. The van der Waals surface area contributed by atoms with E-state index in [-0.39, 0.29) is 23.6 Å². The molecule has 1 atom stereocenters. The maximum atomic E-state index is 14.5. The molecule has 1 saturated heterocycles. The lowest BCUT2D eigenvalue weighted by Crippen LogP contribution is -2.38. The van der Waals surface area contributed by atoms with Gasteiger partial charge in [0.15, 0.2) is 11.6 Å². The quantitative estimate of drug-likeness (QED) is 0.323. The number of hydrogen-bond acceptors (Lipinski definition) is 7. The molecule has 0 bridgehead atoms. The van der Waals surface area contributed by atoms with E-state index in [0.717, 1.165) is 18.5 Å². The number of hydrogen-bond donors (Lipinski definition) is 3. The van der Waals surface area contributed by atoms with Crippen LogP contribution in [0.2, 0.25) is 0 Å². The number of aromatic nitrogens is 2. The van der Waals surface area contributed by atoms with Crippen molar-refractivity contribution < 1.29 is 23.5 Å². The number of nitrogens with zero attached hydrogens (tertiary/aromatic N) is 3. The summed E-state index contributed by atoms with van der Waals surface area (Å²) in [6.45, 7) is 2.17. The van der Waals surface area contributed by atoms with Gasteiger partial charge >= 0.3 is 0 Å². The first kappa shape index (κ1) is 28.2. The third-order valence-corrected chi connectivity index (χ3v) is 7.27. The van der Waals surface area contributed by atoms with Gasteiger partial charge in [0.05, 0.1) is 42.0 Å². The number of anilines is 2. The molecule has 2 aliphatic heterocycles. The zero-order chi connectivity index (χ0) is 28.9. The van der Waals surface area contributed by atoms with Gasteiger partial charge in [0.25, 0.3) is 5.91 Å². The number of rotatable bonds is 10. The molecule has 4 heterocycles. The van der Waals surface area contributed by atoms with Crippen molar-refractivity contribution in [2.75, 3.05) is 52.8 Å². The number of benzene rings is 1. The zero-order valence-electron chi connectivity index (χ0n) is 23.5. The van der Waals surface area contributed by atoms with Crippen molar-refractivity contribution in [2.24, 2.45) is 0 Å². The average molecular weight is 563 g/mol. The van der Waals surface area contributed by atoms with E-state index in [9.17, 15) is 14.0 Å². The highest BCUT2D eigenvalue weighted by Crippen LogP contribution is 2.42. The minimum absolute atomic E-state index is 0.0251. The highest BCUT2D eigenvalue weighted by Gasteiger charge is 2.31. The van der Waals surface area contributed by atoms with Gasteiger partial charge in [-0.2, -0.15) is 0 Å². The lowest BCUT2D eigenvalue weighted by molar-refractivity contribution is -0.127. The highest BCUT2D eigenvalue weighted by atomic mass is 19.1. The van der Waals surface area contributed by atoms with E-state index in [1.165, 1.54) is 13.2 Å². The van der Waals surface area contributed by atoms with Crippen LogP contribution in [-0.4, -0.2) is 85.1 Å². The SMILES string of the molecule is COc1c(F)cccc1Nc1c(-c2ccncc2OC[C@H]2CCCN2C(=O)/C=C/CN(C)C)[nH]c2c1C(=O)NCC2. The van der Waals surface area contributed by atoms with Gasteiger partial charge in [0, 0.05) is 49.6 Å². The molecule has 2 aromatic heterocycles. The largest absolute Gasteiger partial charge is 0.492 e. The van der Waals surface area contributed by atoms with Crippen LogP contribution in [0.25, 0.3) is 11.3 Å². The van der Waals surface area contributed by atoms with Crippen LogP contribution < -0.4 is 20.1 Å². The predicted molar refractivity (Wildman–Crippen MR) is 154 cm³/mol. The molecular formula is C30H35FN6O4. The van der Waals surface area contributed by atoms with Crippen LogP contribution in [0.1, 0.15) is 28.9 Å². The second kappa shape index (κ2) is 12.4. The molecule has 1 aromatic carbocycles. The first-order valence-electron chi connectivity index (χ1n) is 13.7. The summed E-state index contributed by atoms with van der Waals surface area (Å²) in [5.74, 6) is -0.230. The van der Waals surface area contributed by atoms with Crippen molar-refractivity contribution in [3.8, 4) is 22.8 Å². The second-order valence-electron chi connectivity index (χ2n) is 10.4. The number of carbonyl (C=O) groups is 2. The Morgan fingerprint density at radius 2 is 2.17 bits per heavy atom. The average Bonchev–Trinajstić information content (AvgIpc) is 3.57. The lowest BCUT2D eigenvalue weighted by atomic mass is 10.0. The smallest absolute Gasteiger partial charge is 0.255 e. The van der Waals surface area contributed by atoms with Crippen molar-refractivity contribution in [1.29, 1.82) is 0 Å². The van der Waals surface area contributed by atoms with Gasteiger partial charge in [0.2, 0.25) is 5.91 Å². The second-order valence-corrected chi connectivity index (χ2v) is 10.4. The Morgan fingerprint density at radius 1 is 1.32 bits per heavy atom. The summed E-state index contributed by atoms with van der Waals surface area (Å²) in [4.78, 5) is 37.4. The number of pyridine rings is 1. The molecule has 3 N–H and O–H groups in total. The first-order chi connectivity index (χ1) is 19.9. The number of aromatic amines is 1. The maximum absolute atomic E-state index is 14.5. The number of H-pyrrole nitrogens is 1. The summed E-state index contributed by atoms with van der Waals surface area (Å²) >= 11 is 0. The number of fused-ring (bicyclic) bond motifs is 1. The van der Waals surface area contributed by atoms with E-state index in [1.807, 2.05) is 30.0 Å². The van der Waals surface area contributed by atoms with E-state index in [4.69, 9.17) is 9.47 Å². The molecule has 0 aliphatic carbocycles. The number of likely N-dealkylation sites (tertiary alicyclic amines) is 1. The van der Waals surface area contributed by atoms with Gasteiger partial charge in [-0.1, -0.05) is 12.1 Å². The summed E-state index contributed by atoms with van der Waals surface area (Å²) in [5, 5.41) is 6.14. The predicted octanol–water partition coefficient (Wildman–Crippen LogP) is 3.74. The van der Waals surface area contributed by atoms with Crippen molar-refractivity contribution in [1.82, 2.24) is 25.1 Å². The number of likely N-dealkylation sites (N-methyl/N-ethyl adjacent to an activating group) is 1. The molecule has 2 amide bonds. The number of para-hydroxylation sites is 1. The Hall–Kier alpha value is -4.38. The van der Waals surface area contributed by atoms with Crippen LogP contribution in [-0.2, 0) is 11.2 Å². The fourth-order valence-electron chi connectivity index (χ4n) is 5.30. The standard InChI is InChI=1S/C30H35FN6O4/c1-36(2)15-6-10-25(38)37-16-5-7-19(37)18-41-24-17-32-13-11-20(24)27-28(26-22(34-27)12-14-33-30(26)39)35-23-9-4-8-21(31)29(23)40-3/h4,6,8-11,13,17,19,34-35H,5,7,12,14-16,18H2,1-3H3,(H,33,39)/b10-6+/t19-/m1/s1. The van der Waals surface area contributed by atoms with Crippen LogP contribution in [0.3, 0.4) is 0 Å². The normalized spacial score (nSPS) is 16.7. The van der Waals surface area contributed by atoms with E-state index in [0.29, 0.717) is 66.6 Å². The Labute approximate surface area is 238 Å². The summed E-state index contributed by atoms with van der Waals surface area (Å²) in [5.41, 5.74) is 3.39. The lowest BCUT2D eigenvalue weighted by Gasteiger charge is -2.24. The summed E-state index contributed by atoms with van der Waals surface area (Å²) in [6.07, 6.45) is 9.12. The number of nitrogens with one attached hydrogen (secondary N) is 3. The highest BCUT2D eigenvalue weighted by molar-refractivity contribution is 6.06. The van der Waals surface area contributed by atoms with Crippen molar-refractivity contribution >= 4 is 23.2 Å². The van der Waals surface area contributed by atoms with Gasteiger partial charge in [0.1, 0.15) is 12.4 Å². The minimum Gasteiger partial charge on any atom is -0.492 e. The molecule has 0 unspecified atom stereocenters. The number of amides is 2. The minimum atomic E-state index is -0.520. The molecule has 5 rings (SSSR count). The fourth-order valence-corrected chi connectivity index (χ4v) is 5.30. The van der Waals surface area contributed by atoms with Gasteiger partial charge in [-0.05, 0) is 45.1 Å². The topological polar surface area (TPSA) is 112 Å². The fraction of sp³-hybridized carbons (Fsp3) is 0.367. The summed E-state index contributed by atoms with van der Waals surface area (Å²) in [7, 11) is 5.30. The number of halogens is 1. The van der Waals surface area contributed by atoms with Crippen molar-refractivity contribution in [3.63, 3.8) is 0 Å². The monoisotopic (exact) mass is 562 g/mol. The Bertz CT molecular complexity index is 1450. The Balaban J connectivity index is 1.44. The molecular weight excluding hydrogens is 527 g/mol. The first-order valence-corrected chi connectivity index (χ1v) is 13.7. The van der Waals surface area contributed by atoms with E-state index < -0.39 is 5.82 Å². The van der Waals surface area contributed by atoms with Crippen molar-refractivity contribution in [3.05, 3.63) is 65.9 Å². The number of methoxy groups -OCH3 is 1. The van der Waals surface area contributed by atoms with Crippen LogP contribution in [0.4, 0.5) is 15.8 Å². The molecule has 0 spiro atoms. The molecule has 1 fully saturated rings. The maximum Gasteiger partial charge on any atom is 0.255 e. The van der Waals surface area contributed by atoms with Crippen LogP contribution in [0, 0.1) is 5.82 Å². The van der Waals surface area contributed by atoms with E-state index in [2.05, 4.69) is 20.6 Å². The van der Waals surface area contributed by atoms with Gasteiger partial charge in [-0.3, -0.25) is 14.6 Å². The molecule has 0 saturated carbocycles. The molecule has 10 nitrogen and oxygen atoms in total. The van der Waals surface area contributed by atoms with Gasteiger partial charge in [-0.25, -0.2) is 4.39 Å². The van der Waals surface area contributed by atoms with Crippen molar-refractivity contribution in [2.45, 2.75) is 25.3 Å². The van der Waals surface area contributed by atoms with Crippen LogP contribution in [0.15, 0.2) is 48.8 Å². The summed E-state index contributed by atoms with van der Waals surface area (Å²) in [6, 6.07) is 6.31. The Morgan fingerprint density at radius 3 is 2.98 bits per heavy atom. The van der Waals surface area contributed by atoms with Crippen LogP contribution in [0.5, 0.6) is 11.5 Å². The van der Waals surface area contributed by atoms with Gasteiger partial charge < -0.3 is 34.9 Å².